The van der Waals surface area contributed by atoms with Crippen LogP contribution in [0, 0.1) is 10.1 Å². The number of ether oxygens (including phenoxy) is 1. The zero-order valence-electron chi connectivity index (χ0n) is 11.6. The Hall–Kier alpha value is -1.73. The topological polar surface area (TPSA) is 85.6 Å². The highest BCUT2D eigenvalue weighted by Crippen LogP contribution is 2.23. The summed E-state index contributed by atoms with van der Waals surface area (Å²) < 4.78 is 5.51. The summed E-state index contributed by atoms with van der Waals surface area (Å²) in [5, 5.41) is 11.1. The molecule has 0 radical (unpaired) electrons. The molecule has 1 unspecified atom stereocenters. The lowest BCUT2D eigenvalue weighted by Crippen LogP contribution is -2.37. The number of aromatic nitrogens is 1. The molecule has 0 aliphatic carbocycles. The van der Waals surface area contributed by atoms with E-state index < -0.39 is 10.8 Å². The molecule has 114 valence electrons. The summed E-state index contributed by atoms with van der Waals surface area (Å²) in [5.74, 6) is -0.427. The van der Waals surface area contributed by atoms with Gasteiger partial charge in [-0.1, -0.05) is 11.6 Å². The van der Waals surface area contributed by atoms with Crippen LogP contribution in [-0.2, 0) is 4.74 Å². The fourth-order valence-electron chi connectivity index (χ4n) is 2.30. The summed E-state index contributed by atoms with van der Waals surface area (Å²) in [6.07, 6.45) is 2.86. The summed E-state index contributed by atoms with van der Waals surface area (Å²) in [7, 11) is 0. The average molecular weight is 314 g/mol. The van der Waals surface area contributed by atoms with Gasteiger partial charge in [0.1, 0.15) is 16.9 Å². The molecule has 1 aliphatic rings. The van der Waals surface area contributed by atoms with Crippen molar-refractivity contribution >= 4 is 23.2 Å². The molecule has 1 atom stereocenters. The maximum atomic E-state index is 12.5. The van der Waals surface area contributed by atoms with Gasteiger partial charge in [0.2, 0.25) is 0 Å². The molecular weight excluding hydrogens is 298 g/mol. The molecular formula is C13H16ClN3O4. The number of nitro groups is 1. The van der Waals surface area contributed by atoms with Crippen molar-refractivity contribution in [2.75, 3.05) is 19.7 Å². The van der Waals surface area contributed by atoms with E-state index in [1.807, 2.05) is 6.92 Å². The molecule has 2 rings (SSSR count). The minimum atomic E-state index is -0.629. The van der Waals surface area contributed by atoms with Crippen LogP contribution in [-0.4, -0.2) is 46.5 Å². The van der Waals surface area contributed by atoms with Gasteiger partial charge >= 0.3 is 0 Å². The summed E-state index contributed by atoms with van der Waals surface area (Å²) in [6, 6.07) is 1.24. The van der Waals surface area contributed by atoms with Gasteiger partial charge in [-0.3, -0.25) is 14.9 Å². The van der Waals surface area contributed by atoms with Crippen LogP contribution < -0.4 is 0 Å². The van der Waals surface area contributed by atoms with Crippen LogP contribution in [0.5, 0.6) is 0 Å². The minimum absolute atomic E-state index is 0.00901. The summed E-state index contributed by atoms with van der Waals surface area (Å²) >= 11 is 5.75. The van der Waals surface area contributed by atoms with E-state index in [1.165, 1.54) is 11.0 Å². The van der Waals surface area contributed by atoms with Crippen LogP contribution in [0.2, 0.25) is 5.15 Å². The van der Waals surface area contributed by atoms with Crippen LogP contribution in [0.1, 0.15) is 30.1 Å². The maximum Gasteiger partial charge on any atom is 0.300 e. The molecule has 21 heavy (non-hydrogen) atoms. The quantitative estimate of drug-likeness (QED) is 0.473. The molecule has 1 saturated heterocycles. The molecule has 1 aromatic rings. The van der Waals surface area contributed by atoms with Crippen LogP contribution >= 0.6 is 11.6 Å². The Morgan fingerprint density at radius 3 is 3.00 bits per heavy atom. The van der Waals surface area contributed by atoms with Gasteiger partial charge in [0, 0.05) is 19.7 Å². The van der Waals surface area contributed by atoms with E-state index in [0.29, 0.717) is 19.7 Å². The maximum absolute atomic E-state index is 12.5. The second kappa shape index (κ2) is 6.82. The number of carbonyl (C=O) groups excluding carboxylic acids is 1. The van der Waals surface area contributed by atoms with Crippen molar-refractivity contribution in [1.82, 2.24) is 9.88 Å². The standard InChI is InChI=1S/C13H16ClN3O4/c1-2-16(8-9-4-3-5-21-9)13(18)10-6-12(14)15-7-11(10)17(19)20/h6-7,9H,2-5,8H2,1H3. The molecule has 1 amide bonds. The number of rotatable bonds is 5. The molecule has 7 nitrogen and oxygen atoms in total. The third-order valence-electron chi connectivity index (χ3n) is 3.39. The van der Waals surface area contributed by atoms with E-state index in [0.717, 1.165) is 19.0 Å². The van der Waals surface area contributed by atoms with Gasteiger partial charge < -0.3 is 9.64 Å². The van der Waals surface area contributed by atoms with Crippen molar-refractivity contribution < 1.29 is 14.5 Å². The third kappa shape index (κ3) is 3.68. The van der Waals surface area contributed by atoms with E-state index in [2.05, 4.69) is 4.98 Å². The predicted molar refractivity (Wildman–Crippen MR) is 76.5 cm³/mol. The van der Waals surface area contributed by atoms with Crippen molar-refractivity contribution in [3.8, 4) is 0 Å². The Balaban J connectivity index is 2.23. The van der Waals surface area contributed by atoms with E-state index in [4.69, 9.17) is 16.3 Å². The number of halogens is 1. The highest BCUT2D eigenvalue weighted by Gasteiger charge is 2.27. The van der Waals surface area contributed by atoms with Crippen molar-refractivity contribution in [2.45, 2.75) is 25.9 Å². The predicted octanol–water partition coefficient (Wildman–Crippen LogP) is 2.28. The first kappa shape index (κ1) is 15.7. The number of nitrogens with zero attached hydrogens (tertiary/aromatic N) is 3. The van der Waals surface area contributed by atoms with Crippen molar-refractivity contribution in [1.29, 1.82) is 0 Å². The first-order valence-corrected chi connectivity index (χ1v) is 7.11. The second-order valence-corrected chi connectivity index (χ2v) is 5.15. The van der Waals surface area contributed by atoms with E-state index in [-0.39, 0.29) is 22.5 Å². The van der Waals surface area contributed by atoms with Crippen LogP contribution in [0.4, 0.5) is 5.69 Å². The smallest absolute Gasteiger partial charge is 0.300 e. The molecule has 1 aromatic heterocycles. The van der Waals surface area contributed by atoms with Gasteiger partial charge in [-0.15, -0.1) is 0 Å². The number of carbonyl (C=O) groups is 1. The number of pyridine rings is 1. The molecule has 1 aliphatic heterocycles. The lowest BCUT2D eigenvalue weighted by Gasteiger charge is -2.23. The molecule has 0 saturated carbocycles. The number of likely N-dealkylation sites (N-methyl/N-ethyl adjacent to an activating group) is 1. The lowest BCUT2D eigenvalue weighted by molar-refractivity contribution is -0.385. The number of hydrogen-bond acceptors (Lipinski definition) is 5. The summed E-state index contributed by atoms with van der Waals surface area (Å²) in [5.41, 5.74) is -0.380. The Morgan fingerprint density at radius 1 is 1.67 bits per heavy atom. The molecule has 0 spiro atoms. The van der Waals surface area contributed by atoms with Crippen LogP contribution in [0.3, 0.4) is 0 Å². The lowest BCUT2D eigenvalue weighted by atomic mass is 10.1. The first-order chi connectivity index (χ1) is 10.0. The number of hydrogen-bond donors (Lipinski definition) is 0. The minimum Gasteiger partial charge on any atom is -0.376 e. The van der Waals surface area contributed by atoms with Gasteiger partial charge in [0.05, 0.1) is 11.0 Å². The molecule has 8 heteroatoms. The molecule has 0 bridgehead atoms. The molecule has 0 aromatic carbocycles. The number of amides is 1. The summed E-state index contributed by atoms with van der Waals surface area (Å²) in [4.78, 5) is 28.1. The largest absolute Gasteiger partial charge is 0.376 e. The first-order valence-electron chi connectivity index (χ1n) is 6.73. The highest BCUT2D eigenvalue weighted by atomic mass is 35.5. The van der Waals surface area contributed by atoms with Gasteiger partial charge in [0.25, 0.3) is 11.6 Å². The fourth-order valence-corrected chi connectivity index (χ4v) is 2.46. The zero-order chi connectivity index (χ0) is 15.4. The Morgan fingerprint density at radius 2 is 2.43 bits per heavy atom. The fraction of sp³-hybridized carbons (Fsp3) is 0.538. The van der Waals surface area contributed by atoms with Gasteiger partial charge in [-0.2, -0.15) is 0 Å². The summed E-state index contributed by atoms with van der Waals surface area (Å²) in [6.45, 7) is 3.38. The second-order valence-electron chi connectivity index (χ2n) is 4.76. The van der Waals surface area contributed by atoms with Gasteiger partial charge in [-0.05, 0) is 25.8 Å². The van der Waals surface area contributed by atoms with E-state index in [9.17, 15) is 14.9 Å². The Bertz CT molecular complexity index is 546. The van der Waals surface area contributed by atoms with Gasteiger partial charge in [-0.25, -0.2) is 4.98 Å². The zero-order valence-corrected chi connectivity index (χ0v) is 12.4. The van der Waals surface area contributed by atoms with Crippen LogP contribution in [0.25, 0.3) is 0 Å². The van der Waals surface area contributed by atoms with Crippen molar-refractivity contribution in [3.05, 3.63) is 33.1 Å². The van der Waals surface area contributed by atoms with Gasteiger partial charge in [0.15, 0.2) is 0 Å². The molecule has 2 heterocycles. The van der Waals surface area contributed by atoms with Crippen LogP contribution in [0.15, 0.2) is 12.3 Å². The highest BCUT2D eigenvalue weighted by molar-refractivity contribution is 6.29. The van der Waals surface area contributed by atoms with E-state index >= 15 is 0 Å². The van der Waals surface area contributed by atoms with Crippen molar-refractivity contribution in [2.24, 2.45) is 0 Å². The Labute approximate surface area is 127 Å². The molecule has 0 N–H and O–H groups in total. The molecule has 1 fully saturated rings. The Kier molecular flexibility index (Phi) is 5.08. The normalized spacial score (nSPS) is 17.7. The SMILES string of the molecule is CCN(CC1CCCO1)C(=O)c1cc(Cl)ncc1[N+](=O)[O-]. The van der Waals surface area contributed by atoms with E-state index in [1.54, 1.807) is 0 Å². The third-order valence-corrected chi connectivity index (χ3v) is 3.60. The average Bonchev–Trinajstić information content (AvgIpc) is 2.96. The van der Waals surface area contributed by atoms with Crippen molar-refractivity contribution in [3.63, 3.8) is 0 Å². The monoisotopic (exact) mass is 313 g/mol.